The van der Waals surface area contributed by atoms with Gasteiger partial charge in [0.2, 0.25) is 11.8 Å². The van der Waals surface area contributed by atoms with Gasteiger partial charge in [-0.05, 0) is 24.1 Å². The molecule has 0 spiro atoms. The number of hydrogen-bond acceptors (Lipinski definition) is 3. The Hall–Kier alpha value is -2.08. The molecular formula is C14H14ClN3O3. The normalized spacial score (nSPS) is 19.0. The molecule has 6 nitrogen and oxygen atoms in total. The number of rotatable bonds is 2. The Morgan fingerprint density at radius 2 is 2.05 bits per heavy atom. The molecule has 1 aromatic carbocycles. The summed E-state index contributed by atoms with van der Waals surface area (Å²) in [4.78, 5) is 35.7. The number of nitrogens with one attached hydrogen (secondary N) is 1. The third-order valence-electron chi connectivity index (χ3n) is 3.83. The number of carbonyl (C=O) groups excluding carboxylic acids is 2. The quantitative estimate of drug-likeness (QED) is 0.666. The average Bonchev–Trinajstić information content (AvgIpc) is 2.71. The van der Waals surface area contributed by atoms with Crippen molar-refractivity contribution in [2.24, 2.45) is 7.05 Å². The van der Waals surface area contributed by atoms with E-state index in [-0.39, 0.29) is 18.0 Å². The van der Waals surface area contributed by atoms with Gasteiger partial charge in [-0.2, -0.15) is 0 Å². The van der Waals surface area contributed by atoms with Crippen molar-refractivity contribution in [3.8, 4) is 0 Å². The van der Waals surface area contributed by atoms with Crippen molar-refractivity contribution in [2.75, 3.05) is 0 Å². The monoisotopic (exact) mass is 307 g/mol. The van der Waals surface area contributed by atoms with Gasteiger partial charge in [0.25, 0.3) is 0 Å². The van der Waals surface area contributed by atoms with Crippen molar-refractivity contribution >= 4 is 34.4 Å². The summed E-state index contributed by atoms with van der Waals surface area (Å²) in [6.07, 6.45) is 0.569. The zero-order valence-electron chi connectivity index (χ0n) is 11.4. The van der Waals surface area contributed by atoms with Crippen molar-refractivity contribution in [1.29, 1.82) is 0 Å². The van der Waals surface area contributed by atoms with Gasteiger partial charge < -0.3 is 0 Å². The van der Waals surface area contributed by atoms with Gasteiger partial charge in [-0.25, -0.2) is 4.79 Å². The zero-order valence-corrected chi connectivity index (χ0v) is 12.2. The van der Waals surface area contributed by atoms with Gasteiger partial charge in [-0.3, -0.25) is 24.0 Å². The summed E-state index contributed by atoms with van der Waals surface area (Å²) in [7, 11) is 1.66. The second-order valence-corrected chi connectivity index (χ2v) is 5.40. The fourth-order valence-corrected chi connectivity index (χ4v) is 2.89. The minimum Gasteiger partial charge on any atom is -0.295 e. The number of imide groups is 1. The predicted octanol–water partition coefficient (Wildman–Crippen LogP) is 1.06. The van der Waals surface area contributed by atoms with Crippen molar-refractivity contribution in [3.63, 3.8) is 0 Å². The number of piperidine rings is 1. The van der Waals surface area contributed by atoms with Crippen LogP contribution in [0.1, 0.15) is 24.4 Å². The first-order valence-electron chi connectivity index (χ1n) is 6.62. The number of alkyl halides is 1. The van der Waals surface area contributed by atoms with E-state index in [9.17, 15) is 14.4 Å². The molecule has 2 aromatic rings. The van der Waals surface area contributed by atoms with Crippen LogP contribution in [0, 0.1) is 0 Å². The molecule has 0 saturated carbocycles. The lowest BCUT2D eigenvalue weighted by atomic mass is 10.1. The summed E-state index contributed by atoms with van der Waals surface area (Å²) in [5.74, 6) is -0.371. The van der Waals surface area contributed by atoms with E-state index in [0.717, 1.165) is 11.1 Å². The molecule has 1 N–H and O–H groups in total. The molecule has 1 unspecified atom stereocenters. The van der Waals surface area contributed by atoms with E-state index in [1.165, 1.54) is 9.13 Å². The highest BCUT2D eigenvalue weighted by Gasteiger charge is 2.31. The van der Waals surface area contributed by atoms with E-state index in [4.69, 9.17) is 11.6 Å². The minimum atomic E-state index is -0.652. The van der Waals surface area contributed by atoms with E-state index in [1.54, 1.807) is 13.1 Å². The van der Waals surface area contributed by atoms with Gasteiger partial charge in [0.1, 0.15) is 6.04 Å². The highest BCUT2D eigenvalue weighted by atomic mass is 35.5. The van der Waals surface area contributed by atoms with Crippen molar-refractivity contribution in [1.82, 2.24) is 14.5 Å². The number of nitrogens with zero attached hydrogens (tertiary/aromatic N) is 2. The molecule has 2 heterocycles. The number of halogens is 1. The molecule has 3 rings (SSSR count). The van der Waals surface area contributed by atoms with E-state index in [1.807, 2.05) is 12.1 Å². The third-order valence-corrected chi connectivity index (χ3v) is 4.14. The highest BCUT2D eigenvalue weighted by Crippen LogP contribution is 2.23. The molecule has 1 aliphatic rings. The number of amides is 2. The van der Waals surface area contributed by atoms with E-state index in [0.29, 0.717) is 17.8 Å². The lowest BCUT2D eigenvalue weighted by Crippen LogP contribution is -2.44. The number of benzene rings is 1. The number of aromatic nitrogens is 2. The Kier molecular flexibility index (Phi) is 3.33. The number of fused-ring (bicyclic) bond motifs is 1. The Bertz CT molecular complexity index is 806. The molecule has 1 aliphatic heterocycles. The lowest BCUT2D eigenvalue weighted by molar-refractivity contribution is -0.135. The van der Waals surface area contributed by atoms with Crippen LogP contribution in [0.2, 0.25) is 0 Å². The summed E-state index contributed by atoms with van der Waals surface area (Å²) >= 11 is 5.82. The summed E-state index contributed by atoms with van der Waals surface area (Å²) in [6, 6.07) is 4.81. The Labute approximate surface area is 125 Å². The lowest BCUT2D eigenvalue weighted by Gasteiger charge is -2.21. The molecule has 0 radical (unpaired) electrons. The fraction of sp³-hybridized carbons (Fsp3) is 0.357. The van der Waals surface area contributed by atoms with Gasteiger partial charge in [0, 0.05) is 19.3 Å². The van der Waals surface area contributed by atoms with Crippen LogP contribution in [0.3, 0.4) is 0 Å². The molecule has 1 atom stereocenters. The molecule has 2 amide bonds. The van der Waals surface area contributed by atoms with Crippen LogP contribution < -0.4 is 11.0 Å². The van der Waals surface area contributed by atoms with Crippen molar-refractivity contribution in [3.05, 3.63) is 34.2 Å². The van der Waals surface area contributed by atoms with Gasteiger partial charge in [0.15, 0.2) is 0 Å². The highest BCUT2D eigenvalue weighted by molar-refractivity contribution is 6.17. The molecule has 1 aromatic heterocycles. The third kappa shape index (κ3) is 2.15. The largest absolute Gasteiger partial charge is 0.329 e. The molecular weight excluding hydrogens is 294 g/mol. The van der Waals surface area contributed by atoms with Gasteiger partial charge in [0.05, 0.1) is 11.0 Å². The number of hydrogen-bond donors (Lipinski definition) is 1. The Balaban J connectivity index is 2.19. The summed E-state index contributed by atoms with van der Waals surface area (Å²) < 4.78 is 2.95. The van der Waals surface area contributed by atoms with Crippen LogP contribution in [-0.2, 0) is 22.5 Å². The maximum Gasteiger partial charge on any atom is 0.329 e. The molecule has 7 heteroatoms. The topological polar surface area (TPSA) is 73.1 Å². The molecule has 0 aliphatic carbocycles. The molecule has 1 saturated heterocycles. The van der Waals surface area contributed by atoms with Gasteiger partial charge >= 0.3 is 5.69 Å². The molecule has 21 heavy (non-hydrogen) atoms. The Morgan fingerprint density at radius 3 is 2.71 bits per heavy atom. The number of carbonyl (C=O) groups is 2. The second kappa shape index (κ2) is 5.04. The smallest absolute Gasteiger partial charge is 0.295 e. The molecule has 110 valence electrons. The van der Waals surface area contributed by atoms with Crippen molar-refractivity contribution in [2.45, 2.75) is 24.8 Å². The maximum absolute atomic E-state index is 12.4. The van der Waals surface area contributed by atoms with E-state index < -0.39 is 11.9 Å². The summed E-state index contributed by atoms with van der Waals surface area (Å²) in [6.45, 7) is 0. The molecule has 1 fully saturated rings. The van der Waals surface area contributed by atoms with Gasteiger partial charge in [-0.15, -0.1) is 11.6 Å². The summed E-state index contributed by atoms with van der Waals surface area (Å²) in [5.41, 5.74) is 2.03. The van der Waals surface area contributed by atoms with Crippen LogP contribution in [0.5, 0.6) is 0 Å². The second-order valence-electron chi connectivity index (χ2n) is 5.14. The zero-order chi connectivity index (χ0) is 15.1. The van der Waals surface area contributed by atoms with Crippen LogP contribution in [0.4, 0.5) is 0 Å². The minimum absolute atomic E-state index is 0.235. The van der Waals surface area contributed by atoms with E-state index in [2.05, 4.69) is 5.32 Å². The van der Waals surface area contributed by atoms with E-state index >= 15 is 0 Å². The van der Waals surface area contributed by atoms with Gasteiger partial charge in [-0.1, -0.05) is 6.07 Å². The van der Waals surface area contributed by atoms with Crippen LogP contribution in [0.25, 0.3) is 11.0 Å². The first-order valence-corrected chi connectivity index (χ1v) is 7.16. The number of aryl methyl sites for hydroxylation is 1. The first kappa shape index (κ1) is 13.9. The van der Waals surface area contributed by atoms with Crippen molar-refractivity contribution < 1.29 is 9.59 Å². The molecule has 0 bridgehead atoms. The average molecular weight is 308 g/mol. The fourth-order valence-electron chi connectivity index (χ4n) is 2.72. The number of imidazole rings is 1. The SMILES string of the molecule is Cn1c(=O)n(C2CCC(=O)NC2=O)c2ccc(CCl)cc21. The predicted molar refractivity (Wildman–Crippen MR) is 78.2 cm³/mol. The van der Waals surface area contributed by atoms with Crippen LogP contribution in [-0.4, -0.2) is 20.9 Å². The summed E-state index contributed by atoms with van der Waals surface area (Å²) in [5, 5.41) is 2.28. The van der Waals surface area contributed by atoms with Crippen LogP contribution in [0.15, 0.2) is 23.0 Å². The standard InChI is InChI=1S/C14H14ClN3O3/c1-17-11-6-8(7-15)2-3-9(11)18(14(17)21)10-4-5-12(19)16-13(10)20/h2-3,6,10H,4-5,7H2,1H3,(H,16,19,20). The van der Waals surface area contributed by atoms with Crippen LogP contribution >= 0.6 is 11.6 Å². The Morgan fingerprint density at radius 1 is 1.29 bits per heavy atom. The maximum atomic E-state index is 12.4. The first-order chi connectivity index (χ1) is 10.0.